The van der Waals surface area contributed by atoms with Gasteiger partial charge in [0.15, 0.2) is 0 Å². The van der Waals surface area contributed by atoms with Crippen LogP contribution in [0.2, 0.25) is 10.0 Å². The lowest BCUT2D eigenvalue weighted by Crippen LogP contribution is -2.04. The van der Waals surface area contributed by atoms with Crippen molar-refractivity contribution in [3.05, 3.63) is 58.1 Å². The highest BCUT2D eigenvalue weighted by Crippen LogP contribution is 2.25. The van der Waals surface area contributed by atoms with Crippen LogP contribution in [-0.4, -0.2) is 15.1 Å². The van der Waals surface area contributed by atoms with Gasteiger partial charge in [-0.15, -0.1) is 0 Å². The quantitative estimate of drug-likeness (QED) is 0.931. The summed E-state index contributed by atoms with van der Waals surface area (Å²) in [6, 6.07) is 5.19. The molecule has 0 aliphatic carbocycles. The van der Waals surface area contributed by atoms with E-state index in [0.717, 1.165) is 5.56 Å². The van der Waals surface area contributed by atoms with Crippen molar-refractivity contribution in [1.82, 2.24) is 9.97 Å². The number of hydrogen-bond acceptors (Lipinski definition) is 3. The average molecular weight is 269 g/mol. The average Bonchev–Trinajstić information content (AvgIpc) is 2.34. The summed E-state index contributed by atoms with van der Waals surface area (Å²) in [5.41, 5.74) is 1.35. The molecule has 1 aromatic heterocycles. The summed E-state index contributed by atoms with van der Waals surface area (Å²) in [6.07, 6.45) is 4.30. The van der Waals surface area contributed by atoms with Gasteiger partial charge in [-0.1, -0.05) is 29.3 Å². The minimum Gasteiger partial charge on any atom is -0.386 e. The summed E-state index contributed by atoms with van der Waals surface area (Å²) in [5, 5.41) is 11.1. The maximum absolute atomic E-state index is 9.97. The molecular formula is C12H10Cl2N2O. The Labute approximate surface area is 109 Å². The fourth-order valence-electron chi connectivity index (χ4n) is 1.48. The molecule has 3 nitrogen and oxygen atoms in total. The molecule has 1 atom stereocenters. The second-order valence-electron chi connectivity index (χ2n) is 3.59. The van der Waals surface area contributed by atoms with E-state index in [4.69, 9.17) is 23.2 Å². The summed E-state index contributed by atoms with van der Waals surface area (Å²) in [6.45, 7) is 0. The lowest BCUT2D eigenvalue weighted by Gasteiger charge is -2.10. The maximum Gasteiger partial charge on any atom is 0.102 e. The first kappa shape index (κ1) is 12.3. The summed E-state index contributed by atoms with van der Waals surface area (Å²) >= 11 is 11.8. The SMILES string of the molecule is OC(Cc1ccc(Cl)cc1Cl)c1cnccn1. The molecule has 0 fully saturated rings. The molecule has 1 N–H and O–H groups in total. The van der Waals surface area contributed by atoms with Crippen LogP contribution >= 0.6 is 23.2 Å². The van der Waals surface area contributed by atoms with Crippen LogP contribution in [-0.2, 0) is 6.42 Å². The van der Waals surface area contributed by atoms with Gasteiger partial charge in [0, 0.05) is 28.9 Å². The van der Waals surface area contributed by atoms with Crippen LogP contribution in [0, 0.1) is 0 Å². The number of halogens is 2. The highest BCUT2D eigenvalue weighted by atomic mass is 35.5. The van der Waals surface area contributed by atoms with Gasteiger partial charge < -0.3 is 5.11 Å². The molecule has 1 heterocycles. The number of aliphatic hydroxyl groups excluding tert-OH is 1. The molecule has 0 aliphatic rings. The smallest absolute Gasteiger partial charge is 0.102 e. The fourth-order valence-corrected chi connectivity index (χ4v) is 1.97. The van der Waals surface area contributed by atoms with Crippen molar-refractivity contribution in [2.45, 2.75) is 12.5 Å². The van der Waals surface area contributed by atoms with Gasteiger partial charge in [0.05, 0.1) is 11.9 Å². The van der Waals surface area contributed by atoms with Crippen LogP contribution in [0.3, 0.4) is 0 Å². The molecular weight excluding hydrogens is 259 g/mol. The monoisotopic (exact) mass is 268 g/mol. The maximum atomic E-state index is 9.97. The van der Waals surface area contributed by atoms with Crippen LogP contribution in [0.25, 0.3) is 0 Å². The molecule has 88 valence electrons. The van der Waals surface area contributed by atoms with Crippen LogP contribution in [0.1, 0.15) is 17.4 Å². The zero-order chi connectivity index (χ0) is 12.3. The first-order valence-corrected chi connectivity index (χ1v) is 5.80. The van der Waals surface area contributed by atoms with Gasteiger partial charge >= 0.3 is 0 Å². The van der Waals surface area contributed by atoms with Gasteiger partial charge in [0.1, 0.15) is 6.10 Å². The van der Waals surface area contributed by atoms with Crippen molar-refractivity contribution in [3.63, 3.8) is 0 Å². The van der Waals surface area contributed by atoms with Crippen LogP contribution in [0.15, 0.2) is 36.8 Å². The first-order valence-electron chi connectivity index (χ1n) is 5.04. The van der Waals surface area contributed by atoms with E-state index in [9.17, 15) is 5.11 Å². The Morgan fingerprint density at radius 1 is 1.24 bits per heavy atom. The summed E-state index contributed by atoms with van der Waals surface area (Å²) in [4.78, 5) is 7.95. The van der Waals surface area contributed by atoms with Crippen molar-refractivity contribution in [3.8, 4) is 0 Å². The van der Waals surface area contributed by atoms with Gasteiger partial charge in [-0.05, 0) is 17.7 Å². The van der Waals surface area contributed by atoms with Crippen molar-refractivity contribution in [2.24, 2.45) is 0 Å². The molecule has 2 rings (SSSR count). The van der Waals surface area contributed by atoms with Gasteiger partial charge in [-0.3, -0.25) is 9.97 Å². The van der Waals surface area contributed by atoms with Crippen molar-refractivity contribution >= 4 is 23.2 Å². The van der Waals surface area contributed by atoms with Gasteiger partial charge in [0.2, 0.25) is 0 Å². The van der Waals surface area contributed by atoms with E-state index in [0.29, 0.717) is 22.2 Å². The first-order chi connectivity index (χ1) is 8.16. The molecule has 0 bridgehead atoms. The third-order valence-corrected chi connectivity index (χ3v) is 2.94. The second-order valence-corrected chi connectivity index (χ2v) is 4.43. The fraction of sp³-hybridized carbons (Fsp3) is 0.167. The second kappa shape index (κ2) is 5.45. The number of aromatic nitrogens is 2. The molecule has 1 aromatic carbocycles. The van der Waals surface area contributed by atoms with E-state index >= 15 is 0 Å². The van der Waals surface area contributed by atoms with Crippen molar-refractivity contribution in [1.29, 1.82) is 0 Å². The zero-order valence-electron chi connectivity index (χ0n) is 8.85. The predicted molar refractivity (Wildman–Crippen MR) is 67.2 cm³/mol. The third kappa shape index (κ3) is 3.16. The molecule has 0 radical (unpaired) electrons. The molecule has 1 unspecified atom stereocenters. The highest BCUT2D eigenvalue weighted by Gasteiger charge is 2.12. The molecule has 0 amide bonds. The normalized spacial score (nSPS) is 12.4. The topological polar surface area (TPSA) is 46.0 Å². The number of hydrogen-bond donors (Lipinski definition) is 1. The molecule has 17 heavy (non-hydrogen) atoms. The number of nitrogens with zero attached hydrogens (tertiary/aromatic N) is 2. The number of aliphatic hydroxyl groups is 1. The molecule has 2 aromatic rings. The van der Waals surface area contributed by atoms with Crippen molar-refractivity contribution < 1.29 is 5.11 Å². The Balaban J connectivity index is 2.16. The number of rotatable bonds is 3. The number of benzene rings is 1. The molecule has 0 saturated carbocycles. The Kier molecular flexibility index (Phi) is 3.94. The zero-order valence-corrected chi connectivity index (χ0v) is 10.4. The minimum absolute atomic E-state index is 0.384. The van der Waals surface area contributed by atoms with E-state index < -0.39 is 6.10 Å². The highest BCUT2D eigenvalue weighted by molar-refractivity contribution is 6.35. The van der Waals surface area contributed by atoms with Gasteiger partial charge in [0.25, 0.3) is 0 Å². The standard InChI is InChI=1S/C12H10Cl2N2O/c13-9-2-1-8(10(14)6-9)5-12(17)11-7-15-3-4-16-11/h1-4,6-7,12,17H,5H2. The lowest BCUT2D eigenvalue weighted by molar-refractivity contribution is 0.173. The Bertz CT molecular complexity index is 505. The van der Waals surface area contributed by atoms with E-state index in [1.807, 2.05) is 0 Å². The van der Waals surface area contributed by atoms with Crippen LogP contribution in [0.5, 0.6) is 0 Å². The summed E-state index contributed by atoms with van der Waals surface area (Å²) < 4.78 is 0. The van der Waals surface area contributed by atoms with E-state index in [1.54, 1.807) is 30.6 Å². The van der Waals surface area contributed by atoms with Gasteiger partial charge in [-0.25, -0.2) is 0 Å². The summed E-state index contributed by atoms with van der Waals surface area (Å²) in [7, 11) is 0. The van der Waals surface area contributed by atoms with Crippen LogP contribution in [0.4, 0.5) is 0 Å². The molecule has 5 heteroatoms. The Morgan fingerprint density at radius 2 is 2.06 bits per heavy atom. The van der Waals surface area contributed by atoms with Crippen LogP contribution < -0.4 is 0 Å². The summed E-state index contributed by atoms with van der Waals surface area (Å²) in [5.74, 6) is 0. The van der Waals surface area contributed by atoms with E-state index in [2.05, 4.69) is 9.97 Å². The van der Waals surface area contributed by atoms with Crippen molar-refractivity contribution in [2.75, 3.05) is 0 Å². The Morgan fingerprint density at radius 3 is 2.71 bits per heavy atom. The van der Waals surface area contributed by atoms with Gasteiger partial charge in [-0.2, -0.15) is 0 Å². The van der Waals surface area contributed by atoms with E-state index in [1.165, 1.54) is 6.20 Å². The Hall–Kier alpha value is -1.16. The largest absolute Gasteiger partial charge is 0.386 e. The van der Waals surface area contributed by atoms with E-state index in [-0.39, 0.29) is 0 Å². The lowest BCUT2D eigenvalue weighted by atomic mass is 10.1. The third-order valence-electron chi connectivity index (χ3n) is 2.35. The molecule has 0 aliphatic heterocycles. The minimum atomic E-state index is -0.720. The molecule has 0 spiro atoms. The predicted octanol–water partition coefficient (Wildman–Crippen LogP) is 3.06. The molecule has 0 saturated heterocycles.